The van der Waals surface area contributed by atoms with Crippen LogP contribution in [0, 0.1) is 0 Å². The number of thioether (sulfide) groups is 1. The van der Waals surface area contributed by atoms with Gasteiger partial charge in [0.25, 0.3) is 0 Å². The van der Waals surface area contributed by atoms with Gasteiger partial charge in [-0.2, -0.15) is 11.8 Å². The zero-order valence-electron chi connectivity index (χ0n) is 14.9. The minimum Gasteiger partial charge on any atom is -0.356 e. The van der Waals surface area contributed by atoms with Crippen molar-refractivity contribution < 1.29 is 4.79 Å². The molecule has 0 spiro atoms. The van der Waals surface area contributed by atoms with Crippen LogP contribution in [-0.4, -0.2) is 55.0 Å². The number of carbonyl (C=O) groups excluding carboxylic acids is 1. The highest BCUT2D eigenvalue weighted by Crippen LogP contribution is 2.18. The van der Waals surface area contributed by atoms with Crippen molar-refractivity contribution in [2.75, 3.05) is 32.1 Å². The summed E-state index contributed by atoms with van der Waals surface area (Å²) >= 11 is 5.51. The topological polar surface area (TPSA) is 56.7 Å². The molecule has 1 amide bonds. The van der Waals surface area contributed by atoms with Crippen molar-refractivity contribution in [1.82, 2.24) is 15.5 Å². The number of benzene rings is 1. The molecule has 1 saturated heterocycles. The summed E-state index contributed by atoms with van der Waals surface area (Å²) in [7, 11) is 3.61. The number of hydrogen-bond donors (Lipinski definition) is 2. The van der Waals surface area contributed by atoms with Crippen molar-refractivity contribution in [3.63, 3.8) is 0 Å². The number of carbonyl (C=O) groups is 1. The monoisotopic (exact) mass is 426 g/mol. The number of nitrogens with one attached hydrogen (secondary N) is 2. The summed E-state index contributed by atoms with van der Waals surface area (Å²) in [6, 6.07) is 8.45. The first kappa shape index (κ1) is 20.1. The Labute approximate surface area is 163 Å². The third-order valence-electron chi connectivity index (χ3n) is 4.15. The second-order valence-electron chi connectivity index (χ2n) is 6.15. The van der Waals surface area contributed by atoms with E-state index in [0.717, 1.165) is 21.7 Å². The fourth-order valence-electron chi connectivity index (χ4n) is 2.69. The molecule has 5 nitrogen and oxygen atoms in total. The first-order valence-electron chi connectivity index (χ1n) is 8.62. The van der Waals surface area contributed by atoms with Gasteiger partial charge in [-0.3, -0.25) is 9.79 Å². The number of rotatable bonds is 6. The maximum Gasteiger partial charge on any atom is 0.224 e. The van der Waals surface area contributed by atoms with Crippen molar-refractivity contribution in [3.05, 3.63) is 34.3 Å². The van der Waals surface area contributed by atoms with Gasteiger partial charge in [0.1, 0.15) is 0 Å². The summed E-state index contributed by atoms with van der Waals surface area (Å²) in [5.41, 5.74) is 1.11. The van der Waals surface area contributed by atoms with Crippen LogP contribution in [0.25, 0.3) is 0 Å². The smallest absolute Gasteiger partial charge is 0.224 e. The molecule has 0 saturated carbocycles. The molecule has 1 atom stereocenters. The van der Waals surface area contributed by atoms with Gasteiger partial charge < -0.3 is 15.5 Å². The van der Waals surface area contributed by atoms with Gasteiger partial charge in [0.05, 0.1) is 0 Å². The van der Waals surface area contributed by atoms with E-state index in [9.17, 15) is 4.79 Å². The Kier molecular flexibility index (Phi) is 8.61. The summed E-state index contributed by atoms with van der Waals surface area (Å²) in [6.07, 6.45) is 2.88. The molecule has 138 valence electrons. The van der Waals surface area contributed by atoms with Gasteiger partial charge in [-0.15, -0.1) is 0 Å². The van der Waals surface area contributed by atoms with E-state index in [1.54, 1.807) is 11.9 Å². The molecule has 1 unspecified atom stereocenters. The minimum absolute atomic E-state index is 0.118. The predicted molar refractivity (Wildman–Crippen MR) is 110 cm³/mol. The minimum atomic E-state index is 0.118. The lowest BCUT2D eigenvalue weighted by atomic mass is 10.2. The maximum absolute atomic E-state index is 12.3. The zero-order valence-corrected chi connectivity index (χ0v) is 17.3. The highest BCUT2D eigenvalue weighted by atomic mass is 79.9. The zero-order chi connectivity index (χ0) is 18.1. The van der Waals surface area contributed by atoms with Crippen LogP contribution in [0.15, 0.2) is 33.7 Å². The molecule has 1 heterocycles. The first-order valence-corrected chi connectivity index (χ1v) is 10.6. The van der Waals surface area contributed by atoms with Gasteiger partial charge in [0.2, 0.25) is 5.91 Å². The third kappa shape index (κ3) is 6.90. The highest BCUT2D eigenvalue weighted by molar-refractivity contribution is 9.10. The van der Waals surface area contributed by atoms with Crippen LogP contribution in [0.1, 0.15) is 24.8 Å². The van der Waals surface area contributed by atoms with Crippen LogP contribution in [0.4, 0.5) is 0 Å². The summed E-state index contributed by atoms with van der Waals surface area (Å²) in [5.74, 6) is 3.28. The Balaban J connectivity index is 1.72. The molecular formula is C18H27BrN4OS. The van der Waals surface area contributed by atoms with Gasteiger partial charge in [0, 0.05) is 49.9 Å². The van der Waals surface area contributed by atoms with Gasteiger partial charge in [0.15, 0.2) is 5.96 Å². The second kappa shape index (κ2) is 10.7. The Morgan fingerprint density at radius 1 is 1.44 bits per heavy atom. The standard InChI is InChI=1S/C18H27BrN4OS/c1-20-18(22-15-7-5-11-25-13-15)21-10-9-17(24)23(2)12-14-6-3-4-8-16(14)19/h3-4,6,8,15H,5,7,9-13H2,1-2H3,(H2,20,21,22). The van der Waals surface area contributed by atoms with Crippen LogP contribution in [0.3, 0.4) is 0 Å². The molecule has 0 aromatic heterocycles. The van der Waals surface area contributed by atoms with E-state index < -0.39 is 0 Å². The number of hydrogen-bond acceptors (Lipinski definition) is 3. The molecule has 2 N–H and O–H groups in total. The average molecular weight is 427 g/mol. The van der Waals surface area contributed by atoms with Crippen molar-refractivity contribution in [1.29, 1.82) is 0 Å². The Morgan fingerprint density at radius 3 is 2.92 bits per heavy atom. The van der Waals surface area contributed by atoms with E-state index >= 15 is 0 Å². The Hall–Kier alpha value is -1.21. The molecule has 25 heavy (non-hydrogen) atoms. The number of amides is 1. The molecule has 1 fully saturated rings. The normalized spacial score (nSPS) is 17.9. The lowest BCUT2D eigenvalue weighted by molar-refractivity contribution is -0.130. The third-order valence-corrected chi connectivity index (χ3v) is 6.14. The van der Waals surface area contributed by atoms with Crippen molar-refractivity contribution >= 4 is 39.6 Å². The Morgan fingerprint density at radius 2 is 2.24 bits per heavy atom. The molecular weight excluding hydrogens is 400 g/mol. The second-order valence-corrected chi connectivity index (χ2v) is 8.15. The average Bonchev–Trinajstić information content (AvgIpc) is 2.63. The van der Waals surface area contributed by atoms with E-state index in [4.69, 9.17) is 0 Å². The van der Waals surface area contributed by atoms with E-state index in [2.05, 4.69) is 31.6 Å². The van der Waals surface area contributed by atoms with Crippen LogP contribution in [-0.2, 0) is 11.3 Å². The first-order chi connectivity index (χ1) is 12.1. The van der Waals surface area contributed by atoms with Crippen LogP contribution in [0.2, 0.25) is 0 Å². The summed E-state index contributed by atoms with van der Waals surface area (Å²) in [5, 5.41) is 6.69. The fourth-order valence-corrected chi connectivity index (χ4v) is 4.17. The van der Waals surface area contributed by atoms with E-state index in [-0.39, 0.29) is 5.91 Å². The molecule has 1 aromatic carbocycles. The van der Waals surface area contributed by atoms with Crippen molar-refractivity contribution in [2.45, 2.75) is 31.8 Å². The SMILES string of the molecule is CN=C(NCCC(=O)N(C)Cc1ccccc1Br)NC1CCCSC1. The molecule has 0 radical (unpaired) electrons. The van der Waals surface area contributed by atoms with Crippen molar-refractivity contribution in [2.24, 2.45) is 4.99 Å². The van der Waals surface area contributed by atoms with Gasteiger partial charge in [-0.1, -0.05) is 34.1 Å². The van der Waals surface area contributed by atoms with E-state index in [1.165, 1.54) is 18.6 Å². The van der Waals surface area contributed by atoms with Crippen LogP contribution >= 0.6 is 27.7 Å². The summed E-state index contributed by atoms with van der Waals surface area (Å²) in [6.45, 7) is 1.19. The fraction of sp³-hybridized carbons (Fsp3) is 0.556. The predicted octanol–water partition coefficient (Wildman–Crippen LogP) is 2.86. The quantitative estimate of drug-likeness (QED) is 0.542. The largest absolute Gasteiger partial charge is 0.356 e. The number of aliphatic imine (C=N–C) groups is 1. The summed E-state index contributed by atoms with van der Waals surface area (Å²) in [4.78, 5) is 18.3. The van der Waals surface area contributed by atoms with Gasteiger partial charge >= 0.3 is 0 Å². The molecule has 1 aliphatic rings. The Bertz CT molecular complexity index is 590. The molecule has 0 aliphatic carbocycles. The molecule has 1 aromatic rings. The van der Waals surface area contributed by atoms with Gasteiger partial charge in [-0.25, -0.2) is 0 Å². The van der Waals surface area contributed by atoms with Crippen LogP contribution in [0.5, 0.6) is 0 Å². The van der Waals surface area contributed by atoms with Crippen LogP contribution < -0.4 is 10.6 Å². The number of nitrogens with zero attached hydrogens (tertiary/aromatic N) is 2. The molecule has 2 rings (SSSR count). The molecule has 7 heteroatoms. The highest BCUT2D eigenvalue weighted by Gasteiger charge is 2.15. The maximum atomic E-state index is 12.3. The van der Waals surface area contributed by atoms with E-state index in [0.29, 0.717) is 25.6 Å². The van der Waals surface area contributed by atoms with Gasteiger partial charge in [-0.05, 0) is 30.2 Å². The molecule has 0 bridgehead atoms. The number of halogens is 1. The summed E-state index contributed by atoms with van der Waals surface area (Å²) < 4.78 is 1.03. The molecule has 1 aliphatic heterocycles. The number of guanidine groups is 1. The van der Waals surface area contributed by atoms with E-state index in [1.807, 2.05) is 43.1 Å². The van der Waals surface area contributed by atoms with Crippen molar-refractivity contribution in [3.8, 4) is 0 Å². The lowest BCUT2D eigenvalue weighted by Gasteiger charge is -2.24. The lowest BCUT2D eigenvalue weighted by Crippen LogP contribution is -2.46.